The Hall–Kier alpha value is -3.26. The van der Waals surface area contributed by atoms with Gasteiger partial charge in [0.1, 0.15) is 12.4 Å². The van der Waals surface area contributed by atoms with Gasteiger partial charge in [0, 0.05) is 44.8 Å². The molecule has 8 heteroatoms. The van der Waals surface area contributed by atoms with Gasteiger partial charge in [0.2, 0.25) is 5.91 Å². The van der Waals surface area contributed by atoms with Gasteiger partial charge in [-0.15, -0.1) is 5.10 Å². The normalized spacial score (nSPS) is 15.7. The number of para-hydroxylation sites is 1. The van der Waals surface area contributed by atoms with Crippen molar-refractivity contribution < 1.29 is 4.79 Å². The Balaban J connectivity index is 1.46. The highest BCUT2D eigenvalue weighted by Crippen LogP contribution is 2.22. The molecule has 0 radical (unpaired) electrons. The highest BCUT2D eigenvalue weighted by atomic mass is 16.2. The maximum absolute atomic E-state index is 13.1. The van der Waals surface area contributed by atoms with Crippen molar-refractivity contribution >= 4 is 11.6 Å². The Morgan fingerprint density at radius 1 is 1.03 bits per heavy atom. The molecule has 3 aromatic rings. The lowest BCUT2D eigenvalue weighted by Crippen LogP contribution is -2.45. The van der Waals surface area contributed by atoms with Crippen LogP contribution in [0.15, 0.2) is 60.9 Å². The summed E-state index contributed by atoms with van der Waals surface area (Å²) in [6.07, 6.45) is 2.02. The maximum atomic E-state index is 13.1. The number of nitrogens with zero attached hydrogens (tertiary/aromatic N) is 6. The topological polar surface area (TPSA) is 79.2 Å². The zero-order valence-corrected chi connectivity index (χ0v) is 17.2. The van der Waals surface area contributed by atoms with E-state index in [0.717, 1.165) is 37.3 Å². The van der Waals surface area contributed by atoms with Crippen LogP contribution in [0.2, 0.25) is 0 Å². The number of hydrogen-bond acceptors (Lipinski definition) is 6. The summed E-state index contributed by atoms with van der Waals surface area (Å²) < 4.78 is 1.52. The minimum Gasteiger partial charge on any atom is -0.369 e. The molecule has 1 saturated heterocycles. The van der Waals surface area contributed by atoms with Crippen molar-refractivity contribution in [1.82, 2.24) is 30.4 Å². The number of likely N-dealkylation sites (N-methyl/N-ethyl adjacent to an activating group) is 1. The smallest absolute Gasteiger partial charge is 0.245 e. The molecule has 0 spiro atoms. The zero-order chi connectivity index (χ0) is 20.8. The molecule has 156 valence electrons. The average Bonchev–Trinajstić information content (AvgIpc) is 3.32. The van der Waals surface area contributed by atoms with Crippen LogP contribution in [0, 0.1) is 0 Å². The second-order valence-electron chi connectivity index (χ2n) is 7.63. The average molecular weight is 406 g/mol. The summed E-state index contributed by atoms with van der Waals surface area (Å²) in [7, 11) is 2.15. The molecule has 1 aliphatic heterocycles. The van der Waals surface area contributed by atoms with Gasteiger partial charge in [-0.2, -0.15) is 0 Å². The van der Waals surface area contributed by atoms with Crippen LogP contribution >= 0.6 is 0 Å². The number of anilines is 1. The molecule has 1 aromatic heterocycles. The Morgan fingerprint density at radius 2 is 1.77 bits per heavy atom. The van der Waals surface area contributed by atoms with Crippen molar-refractivity contribution in [2.45, 2.75) is 19.0 Å². The van der Waals surface area contributed by atoms with Crippen LogP contribution in [0.25, 0.3) is 0 Å². The third-order valence-electron chi connectivity index (χ3n) is 5.55. The summed E-state index contributed by atoms with van der Waals surface area (Å²) in [5.74, 6) is -0.0978. The van der Waals surface area contributed by atoms with E-state index in [2.05, 4.69) is 55.9 Å². The molecule has 0 aliphatic carbocycles. The van der Waals surface area contributed by atoms with Gasteiger partial charge in [0.05, 0.1) is 0 Å². The first-order chi connectivity index (χ1) is 14.7. The summed E-state index contributed by atoms with van der Waals surface area (Å²) in [4.78, 5) is 17.8. The van der Waals surface area contributed by atoms with Crippen molar-refractivity contribution in [3.63, 3.8) is 0 Å². The second-order valence-corrected chi connectivity index (χ2v) is 7.63. The van der Waals surface area contributed by atoms with E-state index < -0.39 is 6.04 Å². The lowest BCUT2D eigenvalue weighted by Gasteiger charge is -2.35. The number of piperazine rings is 1. The lowest BCUT2D eigenvalue weighted by molar-refractivity contribution is -0.124. The van der Waals surface area contributed by atoms with Crippen molar-refractivity contribution in [3.05, 3.63) is 72.1 Å². The summed E-state index contributed by atoms with van der Waals surface area (Å²) >= 11 is 0. The molecule has 1 N–H and O–H groups in total. The van der Waals surface area contributed by atoms with Gasteiger partial charge in [-0.3, -0.25) is 4.79 Å². The number of nitrogens with one attached hydrogen (secondary N) is 1. The fraction of sp³-hybridized carbons (Fsp3) is 0.364. The fourth-order valence-corrected chi connectivity index (χ4v) is 3.77. The van der Waals surface area contributed by atoms with Gasteiger partial charge in [-0.25, -0.2) is 4.68 Å². The number of carbonyl (C=O) groups is 1. The number of benzene rings is 2. The van der Waals surface area contributed by atoms with Crippen molar-refractivity contribution in [1.29, 1.82) is 0 Å². The van der Waals surface area contributed by atoms with E-state index in [9.17, 15) is 4.79 Å². The number of tetrazole rings is 1. The van der Waals surface area contributed by atoms with Crippen LogP contribution in [-0.2, 0) is 17.8 Å². The van der Waals surface area contributed by atoms with Crippen LogP contribution in [-0.4, -0.2) is 64.2 Å². The van der Waals surface area contributed by atoms with E-state index >= 15 is 0 Å². The molecule has 1 aliphatic rings. The third-order valence-corrected chi connectivity index (χ3v) is 5.55. The Labute approximate surface area is 176 Å². The van der Waals surface area contributed by atoms with Gasteiger partial charge in [-0.1, -0.05) is 48.5 Å². The first-order valence-electron chi connectivity index (χ1n) is 10.3. The Morgan fingerprint density at radius 3 is 2.50 bits per heavy atom. The SMILES string of the molecule is CN1CCN(c2ccccc2CNC(=O)C(Cc2ccccc2)n2cnnn2)CC1. The summed E-state index contributed by atoms with van der Waals surface area (Å²) in [5.41, 5.74) is 3.37. The monoisotopic (exact) mass is 405 g/mol. The largest absolute Gasteiger partial charge is 0.369 e. The van der Waals surface area contributed by atoms with Gasteiger partial charge >= 0.3 is 0 Å². The molecule has 1 atom stereocenters. The molecule has 1 amide bonds. The molecule has 2 aromatic carbocycles. The predicted octanol–water partition coefficient (Wildman–Crippen LogP) is 1.53. The number of rotatable bonds is 7. The quantitative estimate of drug-likeness (QED) is 0.642. The number of hydrogen-bond donors (Lipinski definition) is 1. The molecule has 0 saturated carbocycles. The molecule has 1 fully saturated rings. The Bertz CT molecular complexity index is 937. The van der Waals surface area contributed by atoms with Crippen molar-refractivity contribution in [2.24, 2.45) is 0 Å². The first kappa shape index (κ1) is 20.0. The zero-order valence-electron chi connectivity index (χ0n) is 17.2. The molecule has 0 bridgehead atoms. The second kappa shape index (κ2) is 9.49. The van der Waals surface area contributed by atoms with Crippen molar-refractivity contribution in [3.8, 4) is 0 Å². The van der Waals surface area contributed by atoms with E-state index in [1.165, 1.54) is 16.7 Å². The summed E-state index contributed by atoms with van der Waals surface area (Å²) in [5, 5.41) is 14.5. The minimum atomic E-state index is -0.502. The summed E-state index contributed by atoms with van der Waals surface area (Å²) in [6, 6.07) is 17.7. The van der Waals surface area contributed by atoms with Crippen molar-refractivity contribution in [2.75, 3.05) is 38.1 Å². The first-order valence-corrected chi connectivity index (χ1v) is 10.3. The predicted molar refractivity (Wildman–Crippen MR) is 115 cm³/mol. The third kappa shape index (κ3) is 4.83. The molecule has 4 rings (SSSR count). The molecule has 1 unspecified atom stereocenters. The standard InChI is InChI=1S/C22H27N7O/c1-27-11-13-28(14-12-27)20-10-6-5-9-19(20)16-23-22(30)21(29-17-24-25-26-29)15-18-7-3-2-4-8-18/h2-10,17,21H,11-16H2,1H3,(H,23,30). The molecule has 2 heterocycles. The van der Waals surface area contributed by atoms with E-state index in [0.29, 0.717) is 13.0 Å². The van der Waals surface area contributed by atoms with Crippen LogP contribution < -0.4 is 10.2 Å². The fourth-order valence-electron chi connectivity index (χ4n) is 3.77. The van der Waals surface area contributed by atoms with Crippen LogP contribution in [0.5, 0.6) is 0 Å². The number of amides is 1. The number of carbonyl (C=O) groups excluding carboxylic acids is 1. The van der Waals surface area contributed by atoms with Crippen LogP contribution in [0.4, 0.5) is 5.69 Å². The summed E-state index contributed by atoms with van der Waals surface area (Å²) in [6.45, 7) is 4.53. The van der Waals surface area contributed by atoms with Gasteiger partial charge in [0.25, 0.3) is 0 Å². The van der Waals surface area contributed by atoms with Gasteiger partial charge in [0.15, 0.2) is 0 Å². The van der Waals surface area contributed by atoms with Gasteiger partial charge in [-0.05, 0) is 34.7 Å². The Kier molecular flexibility index (Phi) is 6.34. The van der Waals surface area contributed by atoms with Gasteiger partial charge < -0.3 is 15.1 Å². The van der Waals surface area contributed by atoms with E-state index in [1.54, 1.807) is 0 Å². The molecule has 8 nitrogen and oxygen atoms in total. The highest BCUT2D eigenvalue weighted by Gasteiger charge is 2.23. The van der Waals surface area contributed by atoms with E-state index in [1.807, 2.05) is 36.4 Å². The minimum absolute atomic E-state index is 0.0978. The number of aromatic nitrogens is 4. The van der Waals surface area contributed by atoms with E-state index in [-0.39, 0.29) is 5.91 Å². The van der Waals surface area contributed by atoms with E-state index in [4.69, 9.17) is 0 Å². The maximum Gasteiger partial charge on any atom is 0.245 e. The van der Waals surface area contributed by atoms with Crippen LogP contribution in [0.1, 0.15) is 17.2 Å². The lowest BCUT2D eigenvalue weighted by atomic mass is 10.1. The molecule has 30 heavy (non-hydrogen) atoms. The molecular weight excluding hydrogens is 378 g/mol. The molecular formula is C22H27N7O. The highest BCUT2D eigenvalue weighted by molar-refractivity contribution is 5.80. The van der Waals surface area contributed by atoms with Crippen LogP contribution in [0.3, 0.4) is 0 Å².